The van der Waals surface area contributed by atoms with Crippen molar-refractivity contribution in [3.8, 4) is 0 Å². The van der Waals surface area contributed by atoms with Crippen LogP contribution in [0.5, 0.6) is 0 Å². The number of likely N-dealkylation sites (N-methyl/N-ethyl adjacent to an activating group) is 1. The summed E-state index contributed by atoms with van der Waals surface area (Å²) in [7, 11) is 1.66. The summed E-state index contributed by atoms with van der Waals surface area (Å²) in [5, 5.41) is 2.93. The number of hydrogen-bond donors (Lipinski definition) is 1. The summed E-state index contributed by atoms with van der Waals surface area (Å²) in [6, 6.07) is 9.02. The second-order valence-electron chi connectivity index (χ2n) is 4.34. The highest BCUT2D eigenvalue weighted by molar-refractivity contribution is 5.26. The number of rotatable bonds is 4. The topological polar surface area (TPSA) is 12.0 Å². The second kappa shape index (κ2) is 5.89. The Bertz CT molecular complexity index is 569. The Hall–Kier alpha value is -1.81. The van der Waals surface area contributed by atoms with Crippen LogP contribution in [-0.2, 0) is 6.42 Å². The zero-order valence-corrected chi connectivity index (χ0v) is 10.5. The normalized spacial score (nSPS) is 12.4. The first-order chi connectivity index (χ1) is 9.10. The molecular weight excluding hydrogens is 251 g/mol. The third kappa shape index (κ3) is 3.35. The summed E-state index contributed by atoms with van der Waals surface area (Å²) in [5.41, 5.74) is 0.967. The van der Waals surface area contributed by atoms with Gasteiger partial charge in [-0.25, -0.2) is 13.2 Å². The highest BCUT2D eigenvalue weighted by atomic mass is 19.1. The second-order valence-corrected chi connectivity index (χ2v) is 4.34. The lowest BCUT2D eigenvalue weighted by Gasteiger charge is -2.17. The van der Waals surface area contributed by atoms with E-state index in [9.17, 15) is 13.2 Å². The highest BCUT2D eigenvalue weighted by Crippen LogP contribution is 2.22. The molecule has 0 aliphatic carbocycles. The van der Waals surface area contributed by atoms with Crippen LogP contribution in [0.2, 0.25) is 0 Å². The minimum Gasteiger partial charge on any atom is -0.313 e. The van der Waals surface area contributed by atoms with E-state index in [0.29, 0.717) is 6.42 Å². The molecule has 19 heavy (non-hydrogen) atoms. The van der Waals surface area contributed by atoms with Crippen molar-refractivity contribution in [2.45, 2.75) is 12.5 Å². The van der Waals surface area contributed by atoms with Gasteiger partial charge in [0.05, 0.1) is 0 Å². The molecule has 100 valence electrons. The largest absolute Gasteiger partial charge is 0.313 e. The average molecular weight is 265 g/mol. The van der Waals surface area contributed by atoms with Crippen LogP contribution in [-0.4, -0.2) is 7.05 Å². The van der Waals surface area contributed by atoms with E-state index in [4.69, 9.17) is 0 Å². The Kier molecular flexibility index (Phi) is 4.22. The molecule has 0 bridgehead atoms. The highest BCUT2D eigenvalue weighted by Gasteiger charge is 2.15. The van der Waals surface area contributed by atoms with E-state index in [1.165, 1.54) is 12.1 Å². The summed E-state index contributed by atoms with van der Waals surface area (Å²) in [5.74, 6) is -1.31. The third-order valence-electron chi connectivity index (χ3n) is 3.01. The van der Waals surface area contributed by atoms with Crippen molar-refractivity contribution in [2.24, 2.45) is 0 Å². The van der Waals surface area contributed by atoms with Crippen LogP contribution in [0.1, 0.15) is 17.2 Å². The SMILES string of the molecule is CNC(Cc1cccc(F)c1)c1cc(F)ccc1F. The molecule has 0 amide bonds. The standard InChI is InChI=1S/C15H14F3N/c1-19-15(8-10-3-2-4-11(16)7-10)13-9-12(17)5-6-14(13)18/h2-7,9,15,19H,8H2,1H3. The van der Waals surface area contributed by atoms with E-state index in [2.05, 4.69) is 5.32 Å². The van der Waals surface area contributed by atoms with Gasteiger partial charge < -0.3 is 5.32 Å². The maximum atomic E-state index is 13.7. The quantitative estimate of drug-likeness (QED) is 0.890. The lowest BCUT2D eigenvalue weighted by molar-refractivity contribution is 0.521. The molecule has 1 N–H and O–H groups in total. The Morgan fingerprint density at radius 2 is 1.74 bits per heavy atom. The monoisotopic (exact) mass is 265 g/mol. The summed E-state index contributed by atoms with van der Waals surface area (Å²) in [6.07, 6.45) is 0.384. The van der Waals surface area contributed by atoms with Gasteiger partial charge in [0.2, 0.25) is 0 Å². The minimum absolute atomic E-state index is 0.242. The van der Waals surface area contributed by atoms with E-state index in [0.717, 1.165) is 23.8 Å². The molecule has 0 radical (unpaired) electrons. The predicted molar refractivity (Wildman–Crippen MR) is 68.3 cm³/mol. The molecule has 0 saturated heterocycles. The molecule has 0 saturated carbocycles. The first-order valence-electron chi connectivity index (χ1n) is 5.97. The number of benzene rings is 2. The van der Waals surface area contributed by atoms with Crippen LogP contribution < -0.4 is 5.32 Å². The van der Waals surface area contributed by atoms with Crippen LogP contribution in [0.15, 0.2) is 42.5 Å². The predicted octanol–water partition coefficient (Wildman–Crippen LogP) is 3.61. The van der Waals surface area contributed by atoms with Gasteiger partial charge in [-0.05, 0) is 49.4 Å². The lowest BCUT2D eigenvalue weighted by atomic mass is 9.98. The molecule has 0 fully saturated rings. The van der Waals surface area contributed by atoms with Gasteiger partial charge in [0.25, 0.3) is 0 Å². The molecule has 2 rings (SSSR count). The van der Waals surface area contributed by atoms with Crippen LogP contribution >= 0.6 is 0 Å². The van der Waals surface area contributed by atoms with Crippen molar-refractivity contribution in [3.05, 3.63) is 71.0 Å². The molecule has 0 heterocycles. The minimum atomic E-state index is -0.490. The van der Waals surface area contributed by atoms with Gasteiger partial charge in [-0.3, -0.25) is 0 Å². The maximum Gasteiger partial charge on any atom is 0.128 e. The smallest absolute Gasteiger partial charge is 0.128 e. The van der Waals surface area contributed by atoms with Crippen molar-refractivity contribution in [2.75, 3.05) is 7.05 Å². The molecule has 0 aromatic heterocycles. The average Bonchev–Trinajstić information content (AvgIpc) is 2.39. The van der Waals surface area contributed by atoms with Gasteiger partial charge in [-0.2, -0.15) is 0 Å². The number of halogens is 3. The summed E-state index contributed by atoms with van der Waals surface area (Å²) in [6.45, 7) is 0. The molecule has 0 spiro atoms. The van der Waals surface area contributed by atoms with Gasteiger partial charge in [0.15, 0.2) is 0 Å². The Morgan fingerprint density at radius 1 is 1.00 bits per heavy atom. The molecule has 0 aliphatic heterocycles. The van der Waals surface area contributed by atoms with Crippen molar-refractivity contribution in [3.63, 3.8) is 0 Å². The Balaban J connectivity index is 2.27. The van der Waals surface area contributed by atoms with E-state index >= 15 is 0 Å². The zero-order valence-electron chi connectivity index (χ0n) is 10.5. The van der Waals surface area contributed by atoms with Crippen molar-refractivity contribution in [1.82, 2.24) is 5.32 Å². The fourth-order valence-electron chi connectivity index (χ4n) is 2.05. The third-order valence-corrected chi connectivity index (χ3v) is 3.01. The zero-order chi connectivity index (χ0) is 13.8. The Labute approximate surface area is 110 Å². The maximum absolute atomic E-state index is 13.7. The van der Waals surface area contributed by atoms with Crippen molar-refractivity contribution >= 4 is 0 Å². The molecule has 2 aromatic rings. The van der Waals surface area contributed by atoms with Gasteiger partial charge in [0, 0.05) is 11.6 Å². The molecule has 2 aromatic carbocycles. The molecule has 1 nitrogen and oxygen atoms in total. The van der Waals surface area contributed by atoms with Gasteiger partial charge in [-0.1, -0.05) is 12.1 Å². The first kappa shape index (κ1) is 13.6. The van der Waals surface area contributed by atoms with Gasteiger partial charge >= 0.3 is 0 Å². The first-order valence-corrected chi connectivity index (χ1v) is 5.97. The van der Waals surface area contributed by atoms with Crippen molar-refractivity contribution in [1.29, 1.82) is 0 Å². The number of nitrogens with one attached hydrogen (secondary N) is 1. The molecular formula is C15H14F3N. The Morgan fingerprint density at radius 3 is 2.42 bits per heavy atom. The van der Waals surface area contributed by atoms with E-state index in [1.54, 1.807) is 19.2 Å². The van der Waals surface area contributed by atoms with Crippen molar-refractivity contribution < 1.29 is 13.2 Å². The summed E-state index contributed by atoms with van der Waals surface area (Å²) in [4.78, 5) is 0. The van der Waals surface area contributed by atoms with E-state index < -0.39 is 17.7 Å². The fraction of sp³-hybridized carbons (Fsp3) is 0.200. The van der Waals surface area contributed by atoms with E-state index in [1.807, 2.05) is 0 Å². The molecule has 0 aliphatic rings. The van der Waals surface area contributed by atoms with Gasteiger partial charge in [-0.15, -0.1) is 0 Å². The fourth-order valence-corrected chi connectivity index (χ4v) is 2.05. The summed E-state index contributed by atoms with van der Waals surface area (Å²) < 4.78 is 40.0. The van der Waals surface area contributed by atoms with E-state index in [-0.39, 0.29) is 11.4 Å². The summed E-state index contributed by atoms with van der Waals surface area (Å²) >= 11 is 0. The van der Waals surface area contributed by atoms with Crippen LogP contribution in [0, 0.1) is 17.5 Å². The molecule has 4 heteroatoms. The molecule has 1 atom stereocenters. The van der Waals surface area contributed by atoms with Crippen LogP contribution in [0.25, 0.3) is 0 Å². The van der Waals surface area contributed by atoms with Crippen LogP contribution in [0.3, 0.4) is 0 Å². The lowest BCUT2D eigenvalue weighted by Crippen LogP contribution is -2.20. The van der Waals surface area contributed by atoms with Crippen LogP contribution in [0.4, 0.5) is 13.2 Å². The molecule has 1 unspecified atom stereocenters. The van der Waals surface area contributed by atoms with Gasteiger partial charge in [0.1, 0.15) is 17.5 Å². The number of hydrogen-bond acceptors (Lipinski definition) is 1.